The van der Waals surface area contributed by atoms with Gasteiger partial charge in [0, 0.05) is 21.5 Å². The molecular formula is C18H21BrN2OS. The van der Waals surface area contributed by atoms with Crippen molar-refractivity contribution in [3.8, 4) is 10.6 Å². The molecule has 1 aromatic heterocycles. The second kappa shape index (κ2) is 7.58. The van der Waals surface area contributed by atoms with E-state index < -0.39 is 0 Å². The second-order valence-electron chi connectivity index (χ2n) is 6.36. The van der Waals surface area contributed by atoms with Crippen LogP contribution in [0.2, 0.25) is 0 Å². The number of carbonyl (C=O) groups excluding carboxylic acids is 1. The van der Waals surface area contributed by atoms with Crippen molar-refractivity contribution in [1.29, 1.82) is 0 Å². The van der Waals surface area contributed by atoms with Gasteiger partial charge in [0.05, 0.1) is 12.1 Å². The molecule has 0 spiro atoms. The number of halogens is 1. The molecule has 3 nitrogen and oxygen atoms in total. The van der Waals surface area contributed by atoms with Gasteiger partial charge >= 0.3 is 0 Å². The Balaban J connectivity index is 1.57. The van der Waals surface area contributed by atoms with Crippen LogP contribution in [0, 0.1) is 5.92 Å². The van der Waals surface area contributed by atoms with E-state index in [9.17, 15) is 4.79 Å². The smallest absolute Gasteiger partial charge is 0.226 e. The molecule has 1 N–H and O–H groups in total. The zero-order valence-corrected chi connectivity index (χ0v) is 15.6. The van der Waals surface area contributed by atoms with Crippen LogP contribution in [-0.2, 0) is 11.2 Å². The number of hydrogen-bond acceptors (Lipinski definition) is 3. The zero-order valence-electron chi connectivity index (χ0n) is 13.2. The van der Waals surface area contributed by atoms with Gasteiger partial charge in [-0.1, -0.05) is 35.0 Å². The molecule has 5 heteroatoms. The molecule has 0 aliphatic heterocycles. The summed E-state index contributed by atoms with van der Waals surface area (Å²) in [5.74, 6) is 0.894. The topological polar surface area (TPSA) is 42.0 Å². The van der Waals surface area contributed by atoms with Crippen LogP contribution in [0.3, 0.4) is 0 Å². The average Bonchev–Trinajstić information content (AvgIpc) is 2.98. The van der Waals surface area contributed by atoms with E-state index in [2.05, 4.69) is 33.2 Å². The third-order valence-electron chi connectivity index (χ3n) is 4.35. The van der Waals surface area contributed by atoms with Gasteiger partial charge in [-0.3, -0.25) is 4.79 Å². The molecule has 122 valence electrons. The number of amides is 1. The van der Waals surface area contributed by atoms with Gasteiger partial charge in [0.15, 0.2) is 0 Å². The minimum Gasteiger partial charge on any atom is -0.353 e. The van der Waals surface area contributed by atoms with Gasteiger partial charge < -0.3 is 5.32 Å². The number of carbonyl (C=O) groups is 1. The van der Waals surface area contributed by atoms with Crippen LogP contribution in [0.5, 0.6) is 0 Å². The predicted octanol–water partition coefficient (Wildman–Crippen LogP) is 4.81. The molecule has 23 heavy (non-hydrogen) atoms. The first-order chi connectivity index (χ1) is 11.1. The molecule has 3 rings (SSSR count). The van der Waals surface area contributed by atoms with E-state index in [-0.39, 0.29) is 5.91 Å². The van der Waals surface area contributed by atoms with Crippen LogP contribution in [0.4, 0.5) is 0 Å². The summed E-state index contributed by atoms with van der Waals surface area (Å²) in [6.45, 7) is 2.29. The van der Waals surface area contributed by atoms with Crippen molar-refractivity contribution in [2.75, 3.05) is 0 Å². The number of nitrogens with zero attached hydrogens (tertiary/aromatic N) is 1. The summed E-state index contributed by atoms with van der Waals surface area (Å²) in [4.78, 5) is 16.8. The van der Waals surface area contributed by atoms with Crippen molar-refractivity contribution in [3.05, 3.63) is 39.8 Å². The summed E-state index contributed by atoms with van der Waals surface area (Å²) in [6, 6.07) is 8.43. The molecule has 1 amide bonds. The fourth-order valence-corrected chi connectivity index (χ4v) is 4.21. The van der Waals surface area contributed by atoms with Crippen LogP contribution in [0.1, 0.15) is 38.3 Å². The van der Waals surface area contributed by atoms with Crippen molar-refractivity contribution < 1.29 is 4.79 Å². The molecule has 0 radical (unpaired) electrons. The third-order valence-corrected chi connectivity index (χ3v) is 5.78. The minimum atomic E-state index is 0.0932. The number of hydrogen-bond donors (Lipinski definition) is 1. The highest BCUT2D eigenvalue weighted by Crippen LogP contribution is 2.27. The number of nitrogens with one attached hydrogen (secondary N) is 1. The molecule has 1 aliphatic carbocycles. The quantitative estimate of drug-likeness (QED) is 0.810. The maximum absolute atomic E-state index is 12.2. The van der Waals surface area contributed by atoms with E-state index >= 15 is 0 Å². The first-order valence-electron chi connectivity index (χ1n) is 8.10. The van der Waals surface area contributed by atoms with Crippen molar-refractivity contribution in [2.45, 2.75) is 45.1 Å². The lowest BCUT2D eigenvalue weighted by Gasteiger charge is -2.26. The Morgan fingerprint density at radius 3 is 2.87 bits per heavy atom. The molecule has 1 heterocycles. The van der Waals surface area contributed by atoms with E-state index in [4.69, 9.17) is 0 Å². The Morgan fingerprint density at radius 1 is 1.35 bits per heavy atom. The van der Waals surface area contributed by atoms with Gasteiger partial charge in [-0.2, -0.15) is 0 Å². The summed E-state index contributed by atoms with van der Waals surface area (Å²) in [6.07, 6.45) is 5.01. The fraction of sp³-hybridized carbons (Fsp3) is 0.444. The zero-order chi connectivity index (χ0) is 16.2. The largest absolute Gasteiger partial charge is 0.353 e. The van der Waals surface area contributed by atoms with Crippen molar-refractivity contribution in [2.24, 2.45) is 5.92 Å². The summed E-state index contributed by atoms with van der Waals surface area (Å²) >= 11 is 5.07. The van der Waals surface area contributed by atoms with Crippen LogP contribution in [0.25, 0.3) is 10.6 Å². The molecule has 1 saturated carbocycles. The van der Waals surface area contributed by atoms with Crippen molar-refractivity contribution in [3.63, 3.8) is 0 Å². The molecule has 0 bridgehead atoms. The molecule has 0 atom stereocenters. The maximum Gasteiger partial charge on any atom is 0.226 e. The third kappa shape index (κ3) is 4.64. The number of aromatic nitrogens is 1. The molecule has 1 fully saturated rings. The van der Waals surface area contributed by atoms with Crippen LogP contribution in [0.15, 0.2) is 34.1 Å². The average molecular weight is 393 g/mol. The number of rotatable bonds is 4. The Labute approximate surface area is 149 Å². The standard InChI is InChI=1S/C18H21BrN2OS/c1-12-5-7-15(8-6-12)20-17(22)10-16-11-23-18(21-16)13-3-2-4-14(19)9-13/h2-4,9,11-12,15H,5-8,10H2,1H3,(H,20,22). The normalized spacial score (nSPS) is 21.1. The van der Waals surface area contributed by atoms with E-state index in [0.717, 1.165) is 39.5 Å². The Kier molecular flexibility index (Phi) is 5.49. The highest BCUT2D eigenvalue weighted by atomic mass is 79.9. The molecule has 2 aromatic rings. The molecule has 1 aliphatic rings. The van der Waals surface area contributed by atoms with Crippen LogP contribution >= 0.6 is 27.3 Å². The van der Waals surface area contributed by atoms with Crippen molar-refractivity contribution in [1.82, 2.24) is 10.3 Å². The lowest BCUT2D eigenvalue weighted by molar-refractivity contribution is -0.121. The Morgan fingerprint density at radius 2 is 2.13 bits per heavy atom. The van der Waals surface area contributed by atoms with Gasteiger partial charge in [0.2, 0.25) is 5.91 Å². The SMILES string of the molecule is CC1CCC(NC(=O)Cc2csc(-c3cccc(Br)c3)n2)CC1. The summed E-state index contributed by atoms with van der Waals surface area (Å²) in [7, 11) is 0. The summed E-state index contributed by atoms with van der Waals surface area (Å²) in [5, 5.41) is 6.11. The van der Waals surface area contributed by atoms with Gasteiger partial charge in [0.25, 0.3) is 0 Å². The predicted molar refractivity (Wildman–Crippen MR) is 98.5 cm³/mol. The first-order valence-corrected chi connectivity index (χ1v) is 9.77. The van der Waals surface area contributed by atoms with Crippen LogP contribution in [-0.4, -0.2) is 16.9 Å². The minimum absolute atomic E-state index is 0.0932. The lowest BCUT2D eigenvalue weighted by atomic mass is 9.87. The number of benzene rings is 1. The van der Waals surface area contributed by atoms with Gasteiger partial charge in [-0.05, 0) is 43.7 Å². The monoisotopic (exact) mass is 392 g/mol. The van der Waals surface area contributed by atoms with Gasteiger partial charge in [-0.25, -0.2) is 4.98 Å². The van der Waals surface area contributed by atoms with Gasteiger partial charge in [-0.15, -0.1) is 11.3 Å². The second-order valence-corrected chi connectivity index (χ2v) is 8.13. The van der Waals surface area contributed by atoms with E-state index in [1.807, 2.05) is 29.6 Å². The molecule has 0 unspecified atom stereocenters. The first kappa shape index (κ1) is 16.7. The van der Waals surface area contributed by atoms with Crippen LogP contribution < -0.4 is 5.32 Å². The lowest BCUT2D eigenvalue weighted by Crippen LogP contribution is -2.38. The highest BCUT2D eigenvalue weighted by Gasteiger charge is 2.20. The van der Waals surface area contributed by atoms with E-state index in [1.165, 1.54) is 12.8 Å². The Bertz CT molecular complexity index is 677. The molecule has 1 aromatic carbocycles. The van der Waals surface area contributed by atoms with Gasteiger partial charge in [0.1, 0.15) is 5.01 Å². The highest BCUT2D eigenvalue weighted by molar-refractivity contribution is 9.10. The molecular weight excluding hydrogens is 372 g/mol. The van der Waals surface area contributed by atoms with E-state index in [1.54, 1.807) is 11.3 Å². The molecule has 0 saturated heterocycles. The summed E-state index contributed by atoms with van der Waals surface area (Å²) < 4.78 is 1.04. The van der Waals surface area contributed by atoms with Crippen molar-refractivity contribution >= 4 is 33.2 Å². The number of thiazole rings is 1. The fourth-order valence-electron chi connectivity index (χ4n) is 2.99. The summed E-state index contributed by atoms with van der Waals surface area (Å²) in [5.41, 5.74) is 1.93. The van der Waals surface area contributed by atoms with E-state index in [0.29, 0.717) is 12.5 Å². The Hall–Kier alpha value is -1.20. The maximum atomic E-state index is 12.2.